The number of fused-ring (bicyclic) bond motifs is 1. The first-order chi connectivity index (χ1) is 9.95. The maximum Gasteiger partial charge on any atom is 0.151 e. The van der Waals surface area contributed by atoms with E-state index < -0.39 is 9.84 Å². The molecule has 1 aliphatic heterocycles. The van der Waals surface area contributed by atoms with E-state index in [1.807, 2.05) is 23.9 Å². The summed E-state index contributed by atoms with van der Waals surface area (Å²) < 4.78 is 23.8. The van der Waals surface area contributed by atoms with Crippen LogP contribution in [0.3, 0.4) is 0 Å². The quantitative estimate of drug-likeness (QED) is 0.911. The molecule has 3 rings (SSSR count). The number of hydrogen-bond acceptors (Lipinski definition) is 4. The van der Waals surface area contributed by atoms with Crippen LogP contribution in [-0.4, -0.2) is 31.7 Å². The number of thioether (sulfide) groups is 1. The minimum atomic E-state index is -2.98. The lowest BCUT2D eigenvalue weighted by Crippen LogP contribution is -2.42. The van der Waals surface area contributed by atoms with Gasteiger partial charge >= 0.3 is 0 Å². The highest BCUT2D eigenvalue weighted by Crippen LogP contribution is 2.39. The largest absolute Gasteiger partial charge is 0.306 e. The van der Waals surface area contributed by atoms with Crippen LogP contribution in [0.1, 0.15) is 37.3 Å². The molecule has 0 radical (unpaired) electrons. The van der Waals surface area contributed by atoms with Crippen LogP contribution in [0.4, 0.5) is 0 Å². The average molecular weight is 346 g/mol. The first-order valence-electron chi connectivity index (χ1n) is 7.32. The Morgan fingerprint density at radius 1 is 1.29 bits per heavy atom. The summed E-state index contributed by atoms with van der Waals surface area (Å²) in [4.78, 5) is 1.26. The van der Waals surface area contributed by atoms with E-state index in [4.69, 9.17) is 11.6 Å². The Hall–Kier alpha value is -0.230. The molecule has 1 aromatic rings. The molecular formula is C15H20ClNO2S2. The highest BCUT2D eigenvalue weighted by molar-refractivity contribution is 7.99. The number of sulfone groups is 1. The van der Waals surface area contributed by atoms with E-state index in [9.17, 15) is 8.42 Å². The lowest BCUT2D eigenvalue weighted by molar-refractivity contribution is 0.423. The minimum Gasteiger partial charge on any atom is -0.306 e. The first-order valence-corrected chi connectivity index (χ1v) is 10.6. The fourth-order valence-corrected chi connectivity index (χ4v) is 6.12. The standard InChI is InChI=1S/C15H20ClNO2S2/c1-21(18,19)15-4-2-3-13(15)17-12-7-8-20-14-6-5-10(16)9-11(12)14/h5-6,9,12-13,15,17H,2-4,7-8H2,1H3. The van der Waals surface area contributed by atoms with E-state index in [1.54, 1.807) is 0 Å². The Balaban J connectivity index is 1.82. The van der Waals surface area contributed by atoms with Gasteiger partial charge in [0.05, 0.1) is 5.25 Å². The molecule has 116 valence electrons. The lowest BCUT2D eigenvalue weighted by Gasteiger charge is -2.31. The van der Waals surface area contributed by atoms with Gasteiger partial charge in [-0.05, 0) is 48.8 Å². The second-order valence-electron chi connectivity index (χ2n) is 5.94. The molecule has 1 aromatic carbocycles. The number of halogens is 1. The van der Waals surface area contributed by atoms with Gasteiger partial charge in [-0.15, -0.1) is 11.8 Å². The molecule has 0 bridgehead atoms. The van der Waals surface area contributed by atoms with Gasteiger partial charge in [0.15, 0.2) is 9.84 Å². The average Bonchev–Trinajstić information content (AvgIpc) is 2.88. The zero-order valence-corrected chi connectivity index (χ0v) is 14.4. The van der Waals surface area contributed by atoms with E-state index in [0.717, 1.165) is 36.5 Å². The van der Waals surface area contributed by atoms with Crippen molar-refractivity contribution in [1.29, 1.82) is 0 Å². The lowest BCUT2D eigenvalue weighted by atomic mass is 10.0. The summed E-state index contributed by atoms with van der Waals surface area (Å²) in [5.41, 5.74) is 1.22. The summed E-state index contributed by atoms with van der Waals surface area (Å²) in [6, 6.07) is 6.29. The van der Waals surface area contributed by atoms with Crippen molar-refractivity contribution in [3.8, 4) is 0 Å². The Bertz CT molecular complexity index is 633. The molecule has 6 heteroatoms. The Kier molecular flexibility index (Phi) is 4.55. The third-order valence-electron chi connectivity index (χ3n) is 4.43. The fraction of sp³-hybridized carbons (Fsp3) is 0.600. The van der Waals surface area contributed by atoms with Crippen LogP contribution >= 0.6 is 23.4 Å². The molecule has 1 fully saturated rings. The number of hydrogen-bond donors (Lipinski definition) is 1. The van der Waals surface area contributed by atoms with Crippen LogP contribution in [0, 0.1) is 0 Å². The summed E-state index contributed by atoms with van der Waals surface area (Å²) >= 11 is 7.98. The van der Waals surface area contributed by atoms with E-state index in [1.165, 1.54) is 16.7 Å². The van der Waals surface area contributed by atoms with Gasteiger partial charge in [0, 0.05) is 28.3 Å². The van der Waals surface area contributed by atoms with Crippen LogP contribution in [-0.2, 0) is 9.84 Å². The minimum absolute atomic E-state index is 0.0694. The zero-order valence-electron chi connectivity index (χ0n) is 12.0. The van der Waals surface area contributed by atoms with Gasteiger partial charge in [0.2, 0.25) is 0 Å². The third kappa shape index (κ3) is 3.41. The van der Waals surface area contributed by atoms with Gasteiger partial charge in [-0.2, -0.15) is 0 Å². The van der Waals surface area contributed by atoms with E-state index in [0.29, 0.717) is 0 Å². The summed E-state index contributed by atoms with van der Waals surface area (Å²) in [7, 11) is -2.98. The molecule has 3 atom stereocenters. The predicted molar refractivity (Wildman–Crippen MR) is 88.9 cm³/mol. The van der Waals surface area contributed by atoms with Crippen LogP contribution in [0.2, 0.25) is 5.02 Å². The Morgan fingerprint density at radius 3 is 2.86 bits per heavy atom. The second-order valence-corrected chi connectivity index (χ2v) is 9.78. The summed E-state index contributed by atoms with van der Waals surface area (Å²) in [6.45, 7) is 0. The van der Waals surface area contributed by atoms with Crippen LogP contribution < -0.4 is 5.32 Å². The highest BCUT2D eigenvalue weighted by atomic mass is 35.5. The third-order valence-corrected chi connectivity index (χ3v) is 7.45. The van der Waals surface area contributed by atoms with Crippen molar-refractivity contribution in [1.82, 2.24) is 5.32 Å². The van der Waals surface area contributed by atoms with Crippen molar-refractivity contribution in [2.24, 2.45) is 0 Å². The molecule has 1 N–H and O–H groups in total. The van der Waals surface area contributed by atoms with Crippen LogP contribution in [0.25, 0.3) is 0 Å². The monoisotopic (exact) mass is 345 g/mol. The molecule has 0 amide bonds. The number of nitrogens with one attached hydrogen (secondary N) is 1. The van der Waals surface area contributed by atoms with Crippen molar-refractivity contribution >= 4 is 33.2 Å². The molecule has 21 heavy (non-hydrogen) atoms. The van der Waals surface area contributed by atoms with Crippen molar-refractivity contribution in [2.45, 2.75) is 47.9 Å². The van der Waals surface area contributed by atoms with Crippen molar-refractivity contribution in [3.05, 3.63) is 28.8 Å². The topological polar surface area (TPSA) is 46.2 Å². The highest BCUT2D eigenvalue weighted by Gasteiger charge is 2.36. The number of benzene rings is 1. The van der Waals surface area contributed by atoms with Gasteiger partial charge in [0.25, 0.3) is 0 Å². The first kappa shape index (κ1) is 15.7. The van der Waals surface area contributed by atoms with Gasteiger partial charge in [-0.3, -0.25) is 0 Å². The molecule has 0 aromatic heterocycles. The SMILES string of the molecule is CS(=O)(=O)C1CCCC1NC1CCSc2ccc(Cl)cc21. The Labute approximate surface area is 135 Å². The van der Waals surface area contributed by atoms with E-state index in [2.05, 4.69) is 11.4 Å². The van der Waals surface area contributed by atoms with E-state index in [-0.39, 0.29) is 17.3 Å². The molecule has 3 nitrogen and oxygen atoms in total. The molecular weight excluding hydrogens is 326 g/mol. The molecule has 1 heterocycles. The van der Waals surface area contributed by atoms with Gasteiger partial charge in [-0.1, -0.05) is 18.0 Å². The smallest absolute Gasteiger partial charge is 0.151 e. The summed E-state index contributed by atoms with van der Waals surface area (Å²) in [6.07, 6.45) is 5.08. The van der Waals surface area contributed by atoms with Gasteiger partial charge in [0.1, 0.15) is 0 Å². The maximum atomic E-state index is 11.9. The normalized spacial score (nSPS) is 29.3. The summed E-state index contributed by atoms with van der Waals surface area (Å²) in [5.74, 6) is 1.06. The molecule has 2 aliphatic rings. The van der Waals surface area contributed by atoms with Crippen LogP contribution in [0.15, 0.2) is 23.1 Å². The van der Waals surface area contributed by atoms with E-state index >= 15 is 0 Å². The molecule has 0 spiro atoms. The van der Waals surface area contributed by atoms with Crippen molar-refractivity contribution in [3.63, 3.8) is 0 Å². The number of rotatable bonds is 3. The molecule has 3 unspecified atom stereocenters. The van der Waals surface area contributed by atoms with Crippen molar-refractivity contribution < 1.29 is 8.42 Å². The van der Waals surface area contributed by atoms with Gasteiger partial charge in [-0.25, -0.2) is 8.42 Å². The summed E-state index contributed by atoms with van der Waals surface area (Å²) in [5, 5.41) is 4.11. The van der Waals surface area contributed by atoms with Gasteiger partial charge < -0.3 is 5.32 Å². The zero-order chi connectivity index (χ0) is 15.0. The Morgan fingerprint density at radius 2 is 2.10 bits per heavy atom. The fourth-order valence-electron chi connectivity index (χ4n) is 3.43. The maximum absolute atomic E-state index is 11.9. The van der Waals surface area contributed by atoms with Crippen LogP contribution in [0.5, 0.6) is 0 Å². The second kappa shape index (κ2) is 6.11. The molecule has 1 saturated carbocycles. The molecule has 1 aliphatic carbocycles. The predicted octanol–water partition coefficient (Wildman–Crippen LogP) is 3.43. The van der Waals surface area contributed by atoms with Crippen molar-refractivity contribution in [2.75, 3.05) is 12.0 Å². The molecule has 0 saturated heterocycles.